The van der Waals surface area contributed by atoms with E-state index in [2.05, 4.69) is 5.32 Å². The van der Waals surface area contributed by atoms with Crippen LogP contribution < -0.4 is 10.1 Å². The van der Waals surface area contributed by atoms with E-state index >= 15 is 0 Å². The smallest absolute Gasteiger partial charge is 0.251 e. The van der Waals surface area contributed by atoms with E-state index in [-0.39, 0.29) is 30.1 Å². The third kappa shape index (κ3) is 5.13. The number of carbonyl (C=O) groups excluding carboxylic acids is 2. The second-order valence-electron chi connectivity index (χ2n) is 7.77. The number of likely N-dealkylation sites (tertiary alicyclic amines) is 1. The predicted molar refractivity (Wildman–Crippen MR) is 107 cm³/mol. The number of halogens is 1. The molecule has 0 aromatic heterocycles. The summed E-state index contributed by atoms with van der Waals surface area (Å²) in [7, 11) is 0. The average molecular weight is 396 g/mol. The minimum atomic E-state index is -0.301. The van der Waals surface area contributed by atoms with Gasteiger partial charge in [-0.2, -0.15) is 0 Å². The molecule has 29 heavy (non-hydrogen) atoms. The van der Waals surface area contributed by atoms with Crippen LogP contribution >= 0.6 is 0 Å². The topological polar surface area (TPSA) is 58.6 Å². The van der Waals surface area contributed by atoms with Gasteiger partial charge in [-0.1, -0.05) is 12.1 Å². The predicted octanol–water partition coefficient (Wildman–Crippen LogP) is 3.33. The molecule has 4 rings (SSSR count). The highest BCUT2D eigenvalue weighted by molar-refractivity contribution is 5.94. The zero-order chi connectivity index (χ0) is 20.2. The van der Waals surface area contributed by atoms with Gasteiger partial charge in [0.05, 0.1) is 12.5 Å². The maximum atomic E-state index is 13.0. The summed E-state index contributed by atoms with van der Waals surface area (Å²) in [6.45, 7) is 1.14. The molecule has 6 heteroatoms. The van der Waals surface area contributed by atoms with Crippen molar-refractivity contribution < 1.29 is 18.7 Å². The Morgan fingerprint density at radius 2 is 1.76 bits per heavy atom. The molecule has 1 aliphatic carbocycles. The first kappa shape index (κ1) is 19.4. The Bertz CT molecular complexity index is 863. The molecule has 2 fully saturated rings. The van der Waals surface area contributed by atoms with Crippen LogP contribution in [0.2, 0.25) is 0 Å². The van der Waals surface area contributed by atoms with E-state index in [1.807, 2.05) is 4.90 Å². The van der Waals surface area contributed by atoms with E-state index in [0.29, 0.717) is 30.5 Å². The molecular weight excluding hydrogens is 371 g/mol. The van der Waals surface area contributed by atoms with Gasteiger partial charge in [-0.25, -0.2) is 4.39 Å². The highest BCUT2D eigenvalue weighted by atomic mass is 19.1. The summed E-state index contributed by atoms with van der Waals surface area (Å²) in [5, 5.41) is 2.96. The van der Waals surface area contributed by atoms with Crippen molar-refractivity contribution in [3.63, 3.8) is 0 Å². The van der Waals surface area contributed by atoms with Crippen LogP contribution in [0.3, 0.4) is 0 Å². The van der Waals surface area contributed by atoms with Crippen molar-refractivity contribution in [2.24, 2.45) is 0 Å². The van der Waals surface area contributed by atoms with Crippen molar-refractivity contribution >= 4 is 11.8 Å². The standard InChI is InChI=1S/C23H25FN2O3/c24-18-7-3-16(4-8-18)14-22(27)26-13-1-2-20(26)15-29-21-11-5-17(6-12-21)23(28)25-19-9-10-19/h3-8,11-12,19-20H,1-2,9-10,13-15H2,(H,25,28)/t20-/m0/s1. The fraction of sp³-hybridized carbons (Fsp3) is 0.391. The first-order chi connectivity index (χ1) is 14.1. The van der Waals surface area contributed by atoms with Gasteiger partial charge in [-0.3, -0.25) is 9.59 Å². The van der Waals surface area contributed by atoms with E-state index in [0.717, 1.165) is 31.2 Å². The quantitative estimate of drug-likeness (QED) is 0.781. The molecule has 2 aromatic rings. The molecule has 2 aliphatic rings. The van der Waals surface area contributed by atoms with E-state index in [1.54, 1.807) is 36.4 Å². The van der Waals surface area contributed by atoms with Gasteiger partial charge in [0, 0.05) is 18.2 Å². The van der Waals surface area contributed by atoms with Gasteiger partial charge in [0.25, 0.3) is 5.91 Å². The lowest BCUT2D eigenvalue weighted by atomic mass is 10.1. The second kappa shape index (κ2) is 8.64. The maximum Gasteiger partial charge on any atom is 0.251 e. The Balaban J connectivity index is 1.29. The van der Waals surface area contributed by atoms with Crippen LogP contribution in [0.15, 0.2) is 48.5 Å². The van der Waals surface area contributed by atoms with E-state index in [9.17, 15) is 14.0 Å². The van der Waals surface area contributed by atoms with E-state index in [4.69, 9.17) is 4.74 Å². The number of amides is 2. The van der Waals surface area contributed by atoms with Crippen LogP contribution in [-0.2, 0) is 11.2 Å². The molecule has 0 radical (unpaired) electrons. The van der Waals surface area contributed by atoms with Gasteiger partial charge >= 0.3 is 0 Å². The summed E-state index contributed by atoms with van der Waals surface area (Å²) in [6, 6.07) is 13.5. The Morgan fingerprint density at radius 1 is 1.03 bits per heavy atom. The van der Waals surface area contributed by atoms with Gasteiger partial charge in [-0.05, 0) is 67.6 Å². The van der Waals surface area contributed by atoms with Gasteiger partial charge in [-0.15, -0.1) is 0 Å². The molecular formula is C23H25FN2O3. The van der Waals surface area contributed by atoms with Crippen LogP contribution in [0, 0.1) is 5.82 Å². The first-order valence-electron chi connectivity index (χ1n) is 10.2. The highest BCUT2D eigenvalue weighted by Crippen LogP contribution is 2.22. The molecule has 1 heterocycles. The normalized spacial score (nSPS) is 18.5. The summed E-state index contributed by atoms with van der Waals surface area (Å²) >= 11 is 0. The van der Waals surface area contributed by atoms with Crippen LogP contribution in [0.1, 0.15) is 41.6 Å². The van der Waals surface area contributed by atoms with Gasteiger partial charge in [0.2, 0.25) is 5.91 Å². The monoisotopic (exact) mass is 396 g/mol. The molecule has 1 saturated heterocycles. The Kier molecular flexibility index (Phi) is 5.79. The molecule has 1 saturated carbocycles. The van der Waals surface area contributed by atoms with Crippen LogP contribution in [0.5, 0.6) is 5.75 Å². The van der Waals surface area contributed by atoms with Gasteiger partial charge in [0.15, 0.2) is 0 Å². The van der Waals surface area contributed by atoms with Crippen molar-refractivity contribution in [1.82, 2.24) is 10.2 Å². The molecule has 152 valence electrons. The van der Waals surface area contributed by atoms with E-state index in [1.165, 1.54) is 12.1 Å². The molecule has 0 bridgehead atoms. The summed E-state index contributed by atoms with van der Waals surface area (Å²) in [5.74, 6) is 0.373. The molecule has 1 atom stereocenters. The number of nitrogens with zero attached hydrogens (tertiary/aromatic N) is 1. The third-order valence-electron chi connectivity index (χ3n) is 5.44. The number of benzene rings is 2. The van der Waals surface area contributed by atoms with E-state index < -0.39 is 0 Å². The van der Waals surface area contributed by atoms with Gasteiger partial charge in [0.1, 0.15) is 18.2 Å². The lowest BCUT2D eigenvalue weighted by Gasteiger charge is -2.25. The number of hydrogen-bond donors (Lipinski definition) is 1. The first-order valence-corrected chi connectivity index (χ1v) is 10.2. The number of rotatable bonds is 7. The molecule has 0 unspecified atom stereocenters. The molecule has 1 N–H and O–H groups in total. The maximum absolute atomic E-state index is 13.0. The summed E-state index contributed by atoms with van der Waals surface area (Å²) < 4.78 is 18.9. The van der Waals surface area contributed by atoms with Crippen molar-refractivity contribution in [1.29, 1.82) is 0 Å². The molecule has 2 aromatic carbocycles. The summed E-state index contributed by atoms with van der Waals surface area (Å²) in [5.41, 5.74) is 1.43. The largest absolute Gasteiger partial charge is 0.491 e. The Hall–Kier alpha value is -2.89. The average Bonchev–Trinajstić information content (AvgIpc) is 3.41. The van der Waals surface area contributed by atoms with Crippen molar-refractivity contribution in [2.45, 2.75) is 44.2 Å². The summed E-state index contributed by atoms with van der Waals surface area (Å²) in [4.78, 5) is 26.6. The highest BCUT2D eigenvalue weighted by Gasteiger charge is 2.29. The number of nitrogens with one attached hydrogen (secondary N) is 1. The number of ether oxygens (including phenoxy) is 1. The van der Waals surface area contributed by atoms with Crippen LogP contribution in [0.25, 0.3) is 0 Å². The Labute approximate surface area is 169 Å². The Morgan fingerprint density at radius 3 is 2.45 bits per heavy atom. The summed E-state index contributed by atoms with van der Waals surface area (Å²) in [6.07, 6.45) is 4.23. The number of hydrogen-bond acceptors (Lipinski definition) is 3. The minimum Gasteiger partial charge on any atom is -0.491 e. The lowest BCUT2D eigenvalue weighted by molar-refractivity contribution is -0.131. The second-order valence-corrected chi connectivity index (χ2v) is 7.77. The molecule has 5 nitrogen and oxygen atoms in total. The fourth-order valence-corrected chi connectivity index (χ4v) is 3.61. The fourth-order valence-electron chi connectivity index (χ4n) is 3.61. The number of carbonyl (C=O) groups is 2. The zero-order valence-corrected chi connectivity index (χ0v) is 16.3. The SMILES string of the molecule is O=C(NC1CC1)c1ccc(OC[C@@H]2CCCN2C(=O)Cc2ccc(F)cc2)cc1. The zero-order valence-electron chi connectivity index (χ0n) is 16.3. The van der Waals surface area contributed by atoms with Crippen LogP contribution in [0.4, 0.5) is 4.39 Å². The van der Waals surface area contributed by atoms with Crippen molar-refractivity contribution in [3.05, 3.63) is 65.5 Å². The molecule has 1 aliphatic heterocycles. The van der Waals surface area contributed by atoms with Crippen LogP contribution in [-0.4, -0.2) is 41.9 Å². The van der Waals surface area contributed by atoms with Gasteiger partial charge < -0.3 is 15.0 Å². The molecule has 2 amide bonds. The molecule has 0 spiro atoms. The third-order valence-corrected chi connectivity index (χ3v) is 5.44. The van der Waals surface area contributed by atoms with Crippen molar-refractivity contribution in [3.8, 4) is 5.75 Å². The minimum absolute atomic E-state index is 0.0285. The lowest BCUT2D eigenvalue weighted by Crippen LogP contribution is -2.39. The van der Waals surface area contributed by atoms with Crippen molar-refractivity contribution in [2.75, 3.05) is 13.2 Å².